The van der Waals surface area contributed by atoms with Gasteiger partial charge in [-0.25, -0.2) is 0 Å². The molecular weight excluding hydrogens is 240 g/mol. The van der Waals surface area contributed by atoms with Crippen molar-refractivity contribution in [1.29, 1.82) is 0 Å². The normalized spacial score (nSPS) is 16.8. The Kier molecular flexibility index (Phi) is 2.75. The van der Waals surface area contributed by atoms with Gasteiger partial charge in [0.1, 0.15) is 18.3 Å². The first-order valence-corrected chi connectivity index (χ1v) is 6.21. The SMILES string of the molecule is Cc1ccc2c(c1)[C@@H](C(=O)O)c1ccccc1CO2. The summed E-state index contributed by atoms with van der Waals surface area (Å²) in [6.45, 7) is 2.37. The van der Waals surface area contributed by atoms with Crippen molar-refractivity contribution in [3.8, 4) is 5.75 Å². The van der Waals surface area contributed by atoms with Crippen LogP contribution < -0.4 is 4.74 Å². The van der Waals surface area contributed by atoms with Gasteiger partial charge in [0.2, 0.25) is 0 Å². The van der Waals surface area contributed by atoms with Gasteiger partial charge < -0.3 is 9.84 Å². The zero-order valence-corrected chi connectivity index (χ0v) is 10.6. The van der Waals surface area contributed by atoms with Crippen LogP contribution in [-0.4, -0.2) is 11.1 Å². The van der Waals surface area contributed by atoms with Gasteiger partial charge >= 0.3 is 5.97 Å². The molecule has 1 aliphatic heterocycles. The van der Waals surface area contributed by atoms with Crippen molar-refractivity contribution in [2.75, 3.05) is 0 Å². The third-order valence-corrected chi connectivity index (χ3v) is 3.47. The molecule has 0 amide bonds. The maximum Gasteiger partial charge on any atom is 0.315 e. The van der Waals surface area contributed by atoms with Crippen LogP contribution in [0.15, 0.2) is 42.5 Å². The largest absolute Gasteiger partial charge is 0.489 e. The van der Waals surface area contributed by atoms with Crippen LogP contribution in [0, 0.1) is 6.92 Å². The van der Waals surface area contributed by atoms with Crippen LogP contribution in [0.4, 0.5) is 0 Å². The molecule has 0 bridgehead atoms. The molecule has 3 nitrogen and oxygen atoms in total. The summed E-state index contributed by atoms with van der Waals surface area (Å²) in [4.78, 5) is 11.7. The molecule has 1 aliphatic rings. The lowest BCUT2D eigenvalue weighted by atomic mass is 9.88. The van der Waals surface area contributed by atoms with E-state index in [1.54, 1.807) is 0 Å². The smallest absolute Gasteiger partial charge is 0.315 e. The topological polar surface area (TPSA) is 46.5 Å². The predicted molar refractivity (Wildman–Crippen MR) is 71.4 cm³/mol. The first-order valence-electron chi connectivity index (χ1n) is 6.21. The molecule has 0 spiro atoms. The molecule has 0 saturated carbocycles. The molecule has 2 aromatic carbocycles. The number of rotatable bonds is 1. The average molecular weight is 254 g/mol. The maximum atomic E-state index is 11.7. The van der Waals surface area contributed by atoms with Crippen LogP contribution in [0.3, 0.4) is 0 Å². The number of carbonyl (C=O) groups is 1. The van der Waals surface area contributed by atoms with Crippen molar-refractivity contribution in [3.05, 3.63) is 64.7 Å². The first-order chi connectivity index (χ1) is 9.16. The summed E-state index contributed by atoms with van der Waals surface area (Å²) >= 11 is 0. The van der Waals surface area contributed by atoms with E-state index in [-0.39, 0.29) is 0 Å². The Hall–Kier alpha value is -2.29. The fourth-order valence-corrected chi connectivity index (χ4v) is 2.56. The van der Waals surface area contributed by atoms with Gasteiger partial charge in [0.15, 0.2) is 0 Å². The molecule has 1 heterocycles. The van der Waals surface area contributed by atoms with Crippen molar-refractivity contribution in [2.45, 2.75) is 19.4 Å². The molecule has 3 heteroatoms. The van der Waals surface area contributed by atoms with Crippen LogP contribution in [0.5, 0.6) is 5.75 Å². The van der Waals surface area contributed by atoms with Crippen molar-refractivity contribution in [3.63, 3.8) is 0 Å². The Labute approximate surface area is 111 Å². The van der Waals surface area contributed by atoms with Crippen LogP contribution in [0.25, 0.3) is 0 Å². The van der Waals surface area contributed by atoms with E-state index < -0.39 is 11.9 Å². The van der Waals surface area contributed by atoms with Crippen LogP contribution >= 0.6 is 0 Å². The van der Waals surface area contributed by atoms with E-state index in [9.17, 15) is 9.90 Å². The number of carboxylic acid groups (broad SMARTS) is 1. The van der Waals surface area contributed by atoms with Gasteiger partial charge in [0.05, 0.1) is 0 Å². The van der Waals surface area contributed by atoms with Gasteiger partial charge in [0, 0.05) is 5.56 Å². The molecule has 0 unspecified atom stereocenters. The number of hydrogen-bond donors (Lipinski definition) is 1. The van der Waals surface area contributed by atoms with Gasteiger partial charge in [0.25, 0.3) is 0 Å². The molecule has 0 saturated heterocycles. The summed E-state index contributed by atoms with van der Waals surface area (Å²) in [6.07, 6.45) is 0. The second kappa shape index (κ2) is 4.43. The number of benzene rings is 2. The standard InChI is InChI=1S/C16H14O3/c1-10-6-7-14-13(8-10)15(16(17)18)12-5-3-2-4-11(12)9-19-14/h2-8,15H,9H2,1H3,(H,17,18)/t15-/m0/s1. The van der Waals surface area contributed by atoms with E-state index in [4.69, 9.17) is 4.74 Å². The highest BCUT2D eigenvalue weighted by atomic mass is 16.5. The van der Waals surface area contributed by atoms with Crippen LogP contribution in [-0.2, 0) is 11.4 Å². The lowest BCUT2D eigenvalue weighted by molar-refractivity contribution is -0.137. The molecule has 1 atom stereocenters. The van der Waals surface area contributed by atoms with E-state index >= 15 is 0 Å². The summed E-state index contributed by atoms with van der Waals surface area (Å²) < 4.78 is 5.75. The molecular formula is C16H14O3. The summed E-state index contributed by atoms with van der Waals surface area (Å²) in [7, 11) is 0. The van der Waals surface area contributed by atoms with E-state index in [0.717, 1.165) is 22.3 Å². The third kappa shape index (κ3) is 1.97. The van der Waals surface area contributed by atoms with Crippen LogP contribution in [0.2, 0.25) is 0 Å². The van der Waals surface area contributed by atoms with Gasteiger partial charge in [-0.05, 0) is 24.1 Å². The monoisotopic (exact) mass is 254 g/mol. The minimum Gasteiger partial charge on any atom is -0.489 e. The Balaban J connectivity index is 2.25. The number of fused-ring (bicyclic) bond motifs is 2. The number of ether oxygens (including phenoxy) is 1. The molecule has 1 N–H and O–H groups in total. The minimum atomic E-state index is -0.843. The minimum absolute atomic E-state index is 0.413. The molecule has 0 fully saturated rings. The number of hydrogen-bond acceptors (Lipinski definition) is 2. The average Bonchev–Trinajstić information content (AvgIpc) is 2.54. The van der Waals surface area contributed by atoms with E-state index in [0.29, 0.717) is 12.4 Å². The maximum absolute atomic E-state index is 11.7. The van der Waals surface area contributed by atoms with E-state index in [1.165, 1.54) is 0 Å². The van der Waals surface area contributed by atoms with Gasteiger partial charge in [-0.15, -0.1) is 0 Å². The zero-order valence-electron chi connectivity index (χ0n) is 10.6. The quantitative estimate of drug-likeness (QED) is 0.850. The van der Waals surface area contributed by atoms with Crippen LogP contribution in [0.1, 0.15) is 28.2 Å². The molecule has 0 aliphatic carbocycles. The van der Waals surface area contributed by atoms with Crippen molar-refractivity contribution in [2.24, 2.45) is 0 Å². The van der Waals surface area contributed by atoms with Gasteiger partial charge in [-0.1, -0.05) is 42.0 Å². The zero-order chi connectivity index (χ0) is 13.4. The molecule has 2 aromatic rings. The highest BCUT2D eigenvalue weighted by Gasteiger charge is 2.30. The van der Waals surface area contributed by atoms with Crippen molar-refractivity contribution < 1.29 is 14.6 Å². The Morgan fingerprint density at radius 2 is 2.00 bits per heavy atom. The molecule has 96 valence electrons. The van der Waals surface area contributed by atoms with Gasteiger partial charge in [-0.3, -0.25) is 4.79 Å². The molecule has 19 heavy (non-hydrogen) atoms. The first kappa shape index (κ1) is 11.8. The van der Waals surface area contributed by atoms with Crippen molar-refractivity contribution in [1.82, 2.24) is 0 Å². The third-order valence-electron chi connectivity index (χ3n) is 3.47. The second-order valence-electron chi connectivity index (χ2n) is 4.80. The second-order valence-corrected chi connectivity index (χ2v) is 4.80. The number of aliphatic carboxylic acids is 1. The van der Waals surface area contributed by atoms with E-state index in [1.807, 2.05) is 49.4 Å². The fourth-order valence-electron chi connectivity index (χ4n) is 2.56. The fraction of sp³-hybridized carbons (Fsp3) is 0.188. The van der Waals surface area contributed by atoms with Crippen molar-refractivity contribution >= 4 is 5.97 Å². The summed E-state index contributed by atoms with van der Waals surface area (Å²) in [5, 5.41) is 9.59. The Bertz CT molecular complexity index is 646. The highest BCUT2D eigenvalue weighted by Crippen LogP contribution is 2.37. The lowest BCUT2D eigenvalue weighted by Crippen LogP contribution is -2.13. The van der Waals surface area contributed by atoms with Gasteiger partial charge in [-0.2, -0.15) is 0 Å². The summed E-state index contributed by atoms with van der Waals surface area (Å²) in [5.74, 6) is -0.840. The lowest BCUT2D eigenvalue weighted by Gasteiger charge is -2.15. The number of carboxylic acids is 1. The molecule has 0 aromatic heterocycles. The summed E-state index contributed by atoms with van der Waals surface area (Å²) in [5.41, 5.74) is 3.52. The highest BCUT2D eigenvalue weighted by molar-refractivity contribution is 5.82. The Morgan fingerprint density at radius 1 is 1.21 bits per heavy atom. The Morgan fingerprint density at radius 3 is 2.79 bits per heavy atom. The molecule has 0 radical (unpaired) electrons. The molecule has 3 rings (SSSR count). The summed E-state index contributed by atoms with van der Waals surface area (Å²) in [6, 6.07) is 13.3. The number of aryl methyl sites for hydroxylation is 1. The van der Waals surface area contributed by atoms with E-state index in [2.05, 4.69) is 0 Å². The predicted octanol–water partition coefficient (Wildman–Crippen LogP) is 3.10.